The van der Waals surface area contributed by atoms with Crippen LogP contribution in [0.4, 0.5) is 0 Å². The van der Waals surface area contributed by atoms with Gasteiger partial charge in [-0.2, -0.15) is 0 Å². The molecule has 4 nitrogen and oxygen atoms in total. The van der Waals surface area contributed by atoms with Crippen LogP contribution in [0.1, 0.15) is 11.3 Å². The molecule has 2 atom stereocenters. The van der Waals surface area contributed by atoms with Gasteiger partial charge in [0.15, 0.2) is 0 Å². The van der Waals surface area contributed by atoms with Gasteiger partial charge in [0.1, 0.15) is 0 Å². The van der Waals surface area contributed by atoms with E-state index in [1.807, 2.05) is 24.4 Å². The molecule has 0 amide bonds. The Morgan fingerprint density at radius 2 is 1.23 bits per heavy atom. The maximum Gasteiger partial charge on any atom is 0.0978 e. The minimum Gasteiger partial charge on any atom is -0.255 e. The Bertz CT molecular complexity index is 3230. The Morgan fingerprint density at radius 1 is 0.446 bits per heavy atom. The van der Waals surface area contributed by atoms with E-state index in [0.29, 0.717) is 0 Å². The third-order valence-corrected chi connectivity index (χ3v) is 11.9. The summed E-state index contributed by atoms with van der Waals surface area (Å²) in [6.07, 6.45) is 20.3. The van der Waals surface area contributed by atoms with Crippen LogP contribution in [0.15, 0.2) is 204 Å². The molecule has 4 aromatic carbocycles. The minimum absolute atomic E-state index is 0.195. The highest BCUT2D eigenvalue weighted by atomic mass is 14.8. The quantitative estimate of drug-likeness (QED) is 0.135. The molecule has 0 saturated carbocycles. The molecule has 4 aliphatic carbocycles. The second kappa shape index (κ2) is 12.1. The van der Waals surface area contributed by atoms with Gasteiger partial charge in [0, 0.05) is 50.7 Å². The number of hydrogen-bond donors (Lipinski definition) is 0. The maximum absolute atomic E-state index is 5.47. The molecule has 0 spiro atoms. The molecule has 12 rings (SSSR count). The molecule has 4 aromatic heterocycles. The highest BCUT2D eigenvalue weighted by Gasteiger charge is 2.40. The van der Waals surface area contributed by atoms with Gasteiger partial charge in [0.2, 0.25) is 0 Å². The third-order valence-electron chi connectivity index (χ3n) is 11.9. The fraction of sp³-hybridized carbons (Fsp3) is 0.0385. The SMILES string of the molecule is C1=CC2=C(c3ccc4ccc5c(-c6ccccc6)c6ccccc6nc5c4n3)C=CC3=CC=C4C(c5ccc6ccc(-c7ccccn7)nc6c5)=CC=C1C4C32. The second-order valence-corrected chi connectivity index (χ2v) is 14.9. The maximum atomic E-state index is 5.47. The molecule has 0 aliphatic heterocycles. The summed E-state index contributed by atoms with van der Waals surface area (Å²) in [4.78, 5) is 20.3. The number of pyridine rings is 4. The molecule has 4 heteroatoms. The average Bonchev–Trinajstić information content (AvgIpc) is 3.27. The van der Waals surface area contributed by atoms with Crippen LogP contribution in [-0.2, 0) is 0 Å². The zero-order valence-corrected chi connectivity index (χ0v) is 30.3. The van der Waals surface area contributed by atoms with Gasteiger partial charge in [-0.1, -0.05) is 140 Å². The molecule has 56 heavy (non-hydrogen) atoms. The summed E-state index contributed by atoms with van der Waals surface area (Å²) < 4.78 is 0. The predicted molar refractivity (Wildman–Crippen MR) is 229 cm³/mol. The van der Waals surface area contributed by atoms with E-state index in [1.54, 1.807) is 0 Å². The van der Waals surface area contributed by atoms with Crippen LogP contribution in [0.2, 0.25) is 0 Å². The molecule has 0 fully saturated rings. The molecule has 0 radical (unpaired) electrons. The number of rotatable bonds is 4. The summed E-state index contributed by atoms with van der Waals surface area (Å²) in [5.74, 6) is 0.405. The van der Waals surface area contributed by atoms with Crippen LogP contribution in [0.5, 0.6) is 0 Å². The first-order chi connectivity index (χ1) is 27.7. The number of para-hydroxylation sites is 1. The van der Waals surface area contributed by atoms with Crippen molar-refractivity contribution >= 4 is 54.8 Å². The largest absolute Gasteiger partial charge is 0.255 e. The van der Waals surface area contributed by atoms with Crippen molar-refractivity contribution < 1.29 is 0 Å². The number of nitrogens with zero attached hydrogens (tertiary/aromatic N) is 4. The van der Waals surface area contributed by atoms with Crippen molar-refractivity contribution in [2.24, 2.45) is 11.8 Å². The Kier molecular flexibility index (Phi) is 6.72. The molecule has 0 N–H and O–H groups in total. The fourth-order valence-corrected chi connectivity index (χ4v) is 9.31. The summed E-state index contributed by atoms with van der Waals surface area (Å²) in [5, 5.41) is 4.46. The van der Waals surface area contributed by atoms with Gasteiger partial charge in [0.05, 0.1) is 39.1 Å². The normalized spacial score (nSPS) is 18.2. The first-order valence-electron chi connectivity index (χ1n) is 19.2. The van der Waals surface area contributed by atoms with E-state index in [0.717, 1.165) is 60.7 Å². The van der Waals surface area contributed by atoms with Gasteiger partial charge in [-0.3, -0.25) is 4.98 Å². The Morgan fingerprint density at radius 3 is 2.16 bits per heavy atom. The molecule has 4 aliphatic rings. The van der Waals surface area contributed by atoms with Gasteiger partial charge in [-0.05, 0) is 75.4 Å². The van der Waals surface area contributed by atoms with Crippen LogP contribution in [-0.4, -0.2) is 19.9 Å². The first kappa shape index (κ1) is 31.1. The lowest BCUT2D eigenvalue weighted by Gasteiger charge is -2.42. The van der Waals surface area contributed by atoms with Gasteiger partial charge in [-0.25, -0.2) is 15.0 Å². The van der Waals surface area contributed by atoms with Crippen LogP contribution in [0.25, 0.3) is 77.3 Å². The lowest BCUT2D eigenvalue weighted by molar-refractivity contribution is 0.569. The van der Waals surface area contributed by atoms with Crippen molar-refractivity contribution in [3.63, 3.8) is 0 Å². The predicted octanol–water partition coefficient (Wildman–Crippen LogP) is 12.2. The van der Waals surface area contributed by atoms with Crippen molar-refractivity contribution in [1.29, 1.82) is 0 Å². The van der Waals surface area contributed by atoms with E-state index in [-0.39, 0.29) is 11.8 Å². The topological polar surface area (TPSA) is 51.6 Å². The van der Waals surface area contributed by atoms with Crippen LogP contribution in [0, 0.1) is 11.8 Å². The lowest BCUT2D eigenvalue weighted by Crippen LogP contribution is -2.30. The van der Waals surface area contributed by atoms with E-state index in [2.05, 4.69) is 163 Å². The summed E-state index contributed by atoms with van der Waals surface area (Å²) in [6.45, 7) is 0. The van der Waals surface area contributed by atoms with Gasteiger partial charge < -0.3 is 0 Å². The highest BCUT2D eigenvalue weighted by molar-refractivity contribution is 6.16. The fourth-order valence-electron chi connectivity index (χ4n) is 9.31. The van der Waals surface area contributed by atoms with Crippen molar-refractivity contribution in [2.75, 3.05) is 0 Å². The third kappa shape index (κ3) is 4.72. The van der Waals surface area contributed by atoms with E-state index >= 15 is 0 Å². The average molecular weight is 713 g/mol. The Hall–Kier alpha value is -7.30. The monoisotopic (exact) mass is 712 g/mol. The summed E-state index contributed by atoms with van der Waals surface area (Å²) in [7, 11) is 0. The lowest BCUT2D eigenvalue weighted by atomic mass is 9.61. The van der Waals surface area contributed by atoms with Gasteiger partial charge in [-0.15, -0.1) is 0 Å². The molecule has 4 heterocycles. The van der Waals surface area contributed by atoms with Crippen molar-refractivity contribution in [3.05, 3.63) is 216 Å². The van der Waals surface area contributed by atoms with Crippen molar-refractivity contribution in [1.82, 2.24) is 19.9 Å². The standard InChI is InChI=1S/C52H32N4/c1-2-8-32(9-3-1)48-41-10-4-5-11-43(41)56-52-42(48)26-19-35-21-27-44(55-51(35)52)38-23-16-34-17-24-39-37(22-15-33-18-25-40(38)50(34)49(33)39)36-14-13-31-20-28-46(54-47(31)30-36)45-12-6-7-29-53-45/h1-30,49-50H. The van der Waals surface area contributed by atoms with E-state index in [4.69, 9.17) is 15.0 Å². The molecule has 0 bridgehead atoms. The number of hydrogen-bond acceptors (Lipinski definition) is 4. The molecule has 0 saturated heterocycles. The number of aromatic nitrogens is 4. The summed E-state index contributed by atoms with van der Waals surface area (Å²) in [5.41, 5.74) is 17.8. The molecule has 8 aromatic rings. The van der Waals surface area contributed by atoms with Crippen molar-refractivity contribution in [2.45, 2.75) is 0 Å². The van der Waals surface area contributed by atoms with Crippen molar-refractivity contribution in [3.8, 4) is 22.5 Å². The summed E-state index contributed by atoms with van der Waals surface area (Å²) in [6, 6.07) is 44.7. The van der Waals surface area contributed by atoms with E-state index in [9.17, 15) is 0 Å². The van der Waals surface area contributed by atoms with E-state index < -0.39 is 0 Å². The number of fused-ring (bicyclic) bond motifs is 5. The summed E-state index contributed by atoms with van der Waals surface area (Å²) >= 11 is 0. The number of allylic oxidation sites excluding steroid dienone is 14. The van der Waals surface area contributed by atoms with Crippen LogP contribution in [0.3, 0.4) is 0 Å². The van der Waals surface area contributed by atoms with Crippen LogP contribution >= 0.6 is 0 Å². The van der Waals surface area contributed by atoms with Crippen LogP contribution < -0.4 is 0 Å². The number of benzene rings is 4. The van der Waals surface area contributed by atoms with Gasteiger partial charge >= 0.3 is 0 Å². The van der Waals surface area contributed by atoms with E-state index in [1.165, 1.54) is 50.1 Å². The second-order valence-electron chi connectivity index (χ2n) is 14.9. The zero-order valence-electron chi connectivity index (χ0n) is 30.3. The molecule has 2 unspecified atom stereocenters. The Labute approximate surface area is 323 Å². The molecular formula is C52H32N4. The first-order valence-corrected chi connectivity index (χ1v) is 19.2. The molecule has 260 valence electrons. The zero-order chi connectivity index (χ0) is 36.7. The molecular weight excluding hydrogens is 681 g/mol. The minimum atomic E-state index is 0.195. The smallest absolute Gasteiger partial charge is 0.0978 e. The van der Waals surface area contributed by atoms with Gasteiger partial charge in [0.25, 0.3) is 0 Å². The Balaban J connectivity index is 0.970. The highest BCUT2D eigenvalue weighted by Crippen LogP contribution is 2.54.